The van der Waals surface area contributed by atoms with E-state index in [9.17, 15) is 18.0 Å². The summed E-state index contributed by atoms with van der Waals surface area (Å²) in [6.45, 7) is 4.11. The van der Waals surface area contributed by atoms with Crippen molar-refractivity contribution in [1.29, 1.82) is 0 Å². The van der Waals surface area contributed by atoms with E-state index in [1.54, 1.807) is 22.9 Å². The molecule has 1 aliphatic heterocycles. The molecular formula is C22H23F3N4O3. The third-order valence-corrected chi connectivity index (χ3v) is 5.38. The number of carbonyl (C=O) groups excluding carboxylic acids is 1. The number of hydrogen-bond acceptors (Lipinski definition) is 5. The number of aromatic nitrogens is 2. The first-order valence-corrected chi connectivity index (χ1v) is 10.2. The molecule has 1 N–H and O–H groups in total. The molecule has 1 aliphatic rings. The monoisotopic (exact) mass is 448 g/mol. The van der Waals surface area contributed by atoms with Crippen LogP contribution >= 0.6 is 0 Å². The molecule has 2 aromatic carbocycles. The molecule has 32 heavy (non-hydrogen) atoms. The summed E-state index contributed by atoms with van der Waals surface area (Å²) in [7, 11) is 1.52. The lowest BCUT2D eigenvalue weighted by molar-refractivity contribution is -0.136. The summed E-state index contributed by atoms with van der Waals surface area (Å²) >= 11 is 0. The van der Waals surface area contributed by atoms with E-state index in [1.807, 2.05) is 0 Å². The fourth-order valence-corrected chi connectivity index (χ4v) is 3.78. The second kappa shape index (κ2) is 9.17. The Kier molecular flexibility index (Phi) is 6.33. The number of benzene rings is 2. The van der Waals surface area contributed by atoms with Gasteiger partial charge in [0.2, 0.25) is 0 Å². The number of amides is 1. The molecule has 0 saturated carbocycles. The van der Waals surface area contributed by atoms with Gasteiger partial charge in [-0.2, -0.15) is 18.3 Å². The number of nitrogens with zero attached hydrogens (tertiary/aromatic N) is 3. The van der Waals surface area contributed by atoms with E-state index >= 15 is 0 Å². The number of morpholine rings is 1. The topological polar surface area (TPSA) is 68.6 Å². The Morgan fingerprint density at radius 3 is 2.59 bits per heavy atom. The summed E-state index contributed by atoms with van der Waals surface area (Å²) in [6, 6.07) is 10.1. The average Bonchev–Trinajstić information content (AvgIpc) is 3.17. The van der Waals surface area contributed by atoms with E-state index in [4.69, 9.17) is 9.47 Å². The number of rotatable bonds is 6. The number of halogens is 3. The predicted octanol–water partition coefficient (Wildman–Crippen LogP) is 3.65. The van der Waals surface area contributed by atoms with Crippen molar-refractivity contribution in [3.63, 3.8) is 0 Å². The van der Waals surface area contributed by atoms with Gasteiger partial charge in [-0.3, -0.25) is 14.4 Å². The Labute approximate surface area is 182 Å². The molecule has 170 valence electrons. The molecular weight excluding hydrogens is 425 g/mol. The quantitative estimate of drug-likeness (QED) is 0.624. The van der Waals surface area contributed by atoms with Gasteiger partial charge in [0.1, 0.15) is 11.3 Å². The average molecular weight is 448 g/mol. The highest BCUT2D eigenvalue weighted by molar-refractivity contribution is 6.12. The zero-order valence-electron chi connectivity index (χ0n) is 17.5. The maximum Gasteiger partial charge on any atom is 0.418 e. The molecule has 3 aromatic rings. The Balaban J connectivity index is 1.66. The van der Waals surface area contributed by atoms with Crippen LogP contribution in [0, 0.1) is 0 Å². The second-order valence-electron chi connectivity index (χ2n) is 7.38. The van der Waals surface area contributed by atoms with Crippen LogP contribution in [-0.2, 0) is 17.5 Å². The molecule has 4 rings (SSSR count). The number of para-hydroxylation sites is 2. The van der Waals surface area contributed by atoms with E-state index in [0.717, 1.165) is 19.2 Å². The van der Waals surface area contributed by atoms with E-state index in [-0.39, 0.29) is 11.4 Å². The van der Waals surface area contributed by atoms with Crippen LogP contribution in [0.25, 0.3) is 10.9 Å². The van der Waals surface area contributed by atoms with E-state index in [1.165, 1.54) is 25.3 Å². The van der Waals surface area contributed by atoms with Crippen molar-refractivity contribution in [1.82, 2.24) is 14.7 Å². The Hall–Kier alpha value is -3.11. The number of carbonyl (C=O) groups is 1. The van der Waals surface area contributed by atoms with Crippen molar-refractivity contribution in [3.8, 4) is 5.75 Å². The van der Waals surface area contributed by atoms with E-state index in [0.29, 0.717) is 43.0 Å². The molecule has 0 radical (unpaired) electrons. The van der Waals surface area contributed by atoms with Gasteiger partial charge in [0.15, 0.2) is 5.69 Å². The zero-order chi connectivity index (χ0) is 22.7. The molecule has 0 spiro atoms. The Morgan fingerprint density at radius 1 is 1.12 bits per heavy atom. The molecule has 0 unspecified atom stereocenters. The summed E-state index contributed by atoms with van der Waals surface area (Å²) in [6.07, 6.45) is -4.59. The van der Waals surface area contributed by atoms with Crippen LogP contribution in [0.5, 0.6) is 5.75 Å². The van der Waals surface area contributed by atoms with Crippen molar-refractivity contribution in [3.05, 3.63) is 53.7 Å². The van der Waals surface area contributed by atoms with Crippen LogP contribution < -0.4 is 10.1 Å². The lowest BCUT2D eigenvalue weighted by atomic mass is 10.1. The van der Waals surface area contributed by atoms with Gasteiger partial charge >= 0.3 is 6.18 Å². The van der Waals surface area contributed by atoms with Crippen molar-refractivity contribution < 1.29 is 27.4 Å². The second-order valence-corrected chi connectivity index (χ2v) is 7.38. The number of alkyl halides is 3. The molecule has 1 aromatic heterocycles. The van der Waals surface area contributed by atoms with Gasteiger partial charge in [-0.15, -0.1) is 0 Å². The highest BCUT2D eigenvalue weighted by atomic mass is 19.4. The van der Waals surface area contributed by atoms with Gasteiger partial charge < -0.3 is 14.8 Å². The summed E-state index contributed by atoms with van der Waals surface area (Å²) in [4.78, 5) is 15.2. The standard InChI is InChI=1S/C22H23F3N4O3/c1-31-18-8-4-5-15-19(21(30)26-17-7-3-2-6-16(17)22(23,24)25)27-29(20(15)18)10-9-28-11-13-32-14-12-28/h2-8H,9-14H2,1H3,(H,26,30). The van der Waals surface area contributed by atoms with Gasteiger partial charge in [0.25, 0.3) is 5.91 Å². The molecule has 2 heterocycles. The summed E-state index contributed by atoms with van der Waals surface area (Å²) in [5, 5.41) is 7.34. The minimum absolute atomic E-state index is 0.0397. The first-order valence-electron chi connectivity index (χ1n) is 10.2. The van der Waals surface area contributed by atoms with Gasteiger partial charge in [-0.1, -0.05) is 24.3 Å². The number of hydrogen-bond donors (Lipinski definition) is 1. The number of fused-ring (bicyclic) bond motifs is 1. The van der Waals surface area contributed by atoms with E-state index in [2.05, 4.69) is 15.3 Å². The summed E-state index contributed by atoms with van der Waals surface area (Å²) in [5.41, 5.74) is -0.568. The van der Waals surface area contributed by atoms with Crippen LogP contribution in [0.4, 0.5) is 18.9 Å². The van der Waals surface area contributed by atoms with Crippen LogP contribution in [0.15, 0.2) is 42.5 Å². The largest absolute Gasteiger partial charge is 0.494 e. The van der Waals surface area contributed by atoms with Gasteiger partial charge in [0.05, 0.1) is 38.1 Å². The molecule has 10 heteroatoms. The fraction of sp³-hybridized carbons (Fsp3) is 0.364. The summed E-state index contributed by atoms with van der Waals surface area (Å²) < 4.78 is 52.5. The predicted molar refractivity (Wildman–Crippen MR) is 113 cm³/mol. The zero-order valence-corrected chi connectivity index (χ0v) is 17.5. The normalized spacial score (nSPS) is 15.1. The molecule has 1 saturated heterocycles. The number of ether oxygens (including phenoxy) is 2. The third kappa shape index (κ3) is 4.56. The smallest absolute Gasteiger partial charge is 0.418 e. The maximum absolute atomic E-state index is 13.3. The van der Waals surface area contributed by atoms with E-state index < -0.39 is 17.6 Å². The molecule has 0 atom stereocenters. The highest BCUT2D eigenvalue weighted by Crippen LogP contribution is 2.35. The van der Waals surface area contributed by atoms with Crippen LogP contribution in [0.2, 0.25) is 0 Å². The highest BCUT2D eigenvalue weighted by Gasteiger charge is 2.34. The van der Waals surface area contributed by atoms with Crippen molar-refractivity contribution >= 4 is 22.5 Å². The first-order chi connectivity index (χ1) is 15.4. The van der Waals surface area contributed by atoms with Crippen LogP contribution in [-0.4, -0.2) is 60.5 Å². The molecule has 1 amide bonds. The minimum atomic E-state index is -4.59. The van der Waals surface area contributed by atoms with Gasteiger partial charge in [-0.05, 0) is 18.2 Å². The van der Waals surface area contributed by atoms with Crippen molar-refractivity contribution in [2.24, 2.45) is 0 Å². The molecule has 1 fully saturated rings. The minimum Gasteiger partial charge on any atom is -0.494 e. The third-order valence-electron chi connectivity index (χ3n) is 5.38. The number of methoxy groups -OCH3 is 1. The van der Waals surface area contributed by atoms with Gasteiger partial charge in [0, 0.05) is 25.0 Å². The number of anilines is 1. The van der Waals surface area contributed by atoms with Crippen LogP contribution in [0.1, 0.15) is 16.1 Å². The molecule has 7 nitrogen and oxygen atoms in total. The van der Waals surface area contributed by atoms with Crippen molar-refractivity contribution in [2.45, 2.75) is 12.7 Å². The number of nitrogens with one attached hydrogen (secondary N) is 1. The van der Waals surface area contributed by atoms with Crippen LogP contribution in [0.3, 0.4) is 0 Å². The Bertz CT molecular complexity index is 1110. The first kappa shape index (κ1) is 22.1. The molecule has 0 aliphatic carbocycles. The molecule has 0 bridgehead atoms. The Morgan fingerprint density at radius 2 is 1.88 bits per heavy atom. The van der Waals surface area contributed by atoms with Crippen molar-refractivity contribution in [2.75, 3.05) is 45.3 Å². The summed E-state index contributed by atoms with van der Waals surface area (Å²) in [5.74, 6) is -0.184. The maximum atomic E-state index is 13.3. The lowest BCUT2D eigenvalue weighted by Gasteiger charge is -2.26. The SMILES string of the molecule is COc1cccc2c(C(=O)Nc3ccccc3C(F)(F)F)nn(CCN3CCOCC3)c12. The lowest BCUT2D eigenvalue weighted by Crippen LogP contribution is -2.38. The fourth-order valence-electron chi connectivity index (χ4n) is 3.78. The van der Waals surface area contributed by atoms with Gasteiger partial charge in [-0.25, -0.2) is 0 Å².